The van der Waals surface area contributed by atoms with Crippen molar-refractivity contribution in [2.75, 3.05) is 13.2 Å². The van der Waals surface area contributed by atoms with Gasteiger partial charge in [0, 0.05) is 10.9 Å². The summed E-state index contributed by atoms with van der Waals surface area (Å²) in [5.74, 6) is -0.822. The summed E-state index contributed by atoms with van der Waals surface area (Å²) < 4.78 is 24.0. The molecule has 1 rings (SSSR count). The molecule has 6 heteroatoms. The quantitative estimate of drug-likeness (QED) is 0.581. The Morgan fingerprint density at radius 2 is 2.22 bits per heavy atom. The predicted molar refractivity (Wildman–Crippen MR) is 70.5 cm³/mol. The van der Waals surface area contributed by atoms with Crippen LogP contribution in [-0.2, 0) is 9.53 Å². The van der Waals surface area contributed by atoms with Gasteiger partial charge in [-0.25, -0.2) is 4.39 Å². The van der Waals surface area contributed by atoms with E-state index in [0.717, 1.165) is 0 Å². The number of esters is 1. The topological polar surface area (TPSA) is 35.5 Å². The van der Waals surface area contributed by atoms with Gasteiger partial charge in [0.25, 0.3) is 0 Å². The summed E-state index contributed by atoms with van der Waals surface area (Å²) >= 11 is 8.96. The number of benzene rings is 1. The van der Waals surface area contributed by atoms with Crippen LogP contribution in [0.2, 0.25) is 5.02 Å². The van der Waals surface area contributed by atoms with Crippen molar-refractivity contribution in [1.29, 1.82) is 0 Å². The molecule has 0 fully saturated rings. The Kier molecular flexibility index (Phi) is 6.43. The van der Waals surface area contributed by atoms with E-state index < -0.39 is 5.82 Å². The summed E-state index contributed by atoms with van der Waals surface area (Å²) in [6, 6.07) is 2.82. The molecule has 18 heavy (non-hydrogen) atoms. The second kappa shape index (κ2) is 7.59. The van der Waals surface area contributed by atoms with Crippen molar-refractivity contribution in [2.45, 2.75) is 19.8 Å². The number of ether oxygens (including phenoxy) is 2. The maximum Gasteiger partial charge on any atom is 0.305 e. The first-order valence-corrected chi connectivity index (χ1v) is 6.64. The van der Waals surface area contributed by atoms with Gasteiger partial charge in [0.2, 0.25) is 0 Å². The summed E-state index contributed by atoms with van der Waals surface area (Å²) in [6.45, 7) is 2.30. The van der Waals surface area contributed by atoms with Crippen LogP contribution < -0.4 is 4.74 Å². The Morgan fingerprint density at radius 3 is 2.83 bits per heavy atom. The Balaban J connectivity index is 2.42. The second-order valence-electron chi connectivity index (χ2n) is 3.46. The Hall–Kier alpha value is -0.810. The third-order valence-electron chi connectivity index (χ3n) is 2.04. The van der Waals surface area contributed by atoms with Crippen LogP contribution in [0.5, 0.6) is 5.75 Å². The Labute approximate surface area is 118 Å². The zero-order valence-electron chi connectivity index (χ0n) is 9.84. The van der Waals surface area contributed by atoms with Crippen LogP contribution in [0.15, 0.2) is 16.6 Å². The van der Waals surface area contributed by atoms with Crippen LogP contribution >= 0.6 is 27.5 Å². The fourth-order valence-corrected chi connectivity index (χ4v) is 2.11. The lowest BCUT2D eigenvalue weighted by atomic mass is 10.3. The number of rotatable bonds is 6. The molecular weight excluding hydrogens is 326 g/mol. The van der Waals surface area contributed by atoms with Gasteiger partial charge in [0.15, 0.2) is 11.6 Å². The molecule has 0 bridgehead atoms. The largest absolute Gasteiger partial charge is 0.489 e. The highest BCUT2D eigenvalue weighted by molar-refractivity contribution is 9.10. The smallest absolute Gasteiger partial charge is 0.305 e. The summed E-state index contributed by atoms with van der Waals surface area (Å²) in [5, 5.41) is 0.193. The summed E-state index contributed by atoms with van der Waals surface area (Å²) in [5.41, 5.74) is 0. The molecule has 0 N–H and O–H groups in total. The molecule has 0 saturated heterocycles. The van der Waals surface area contributed by atoms with Crippen LogP contribution in [0, 0.1) is 5.82 Å². The average Bonchev–Trinajstić information content (AvgIpc) is 2.27. The van der Waals surface area contributed by atoms with E-state index in [0.29, 0.717) is 17.5 Å². The molecule has 1 aromatic rings. The van der Waals surface area contributed by atoms with Crippen LogP contribution in [0.25, 0.3) is 0 Å². The first-order chi connectivity index (χ1) is 8.54. The molecule has 100 valence electrons. The third kappa shape index (κ3) is 4.82. The molecule has 0 unspecified atom stereocenters. The minimum atomic E-state index is -0.537. The molecule has 0 aliphatic carbocycles. The van der Waals surface area contributed by atoms with E-state index in [1.807, 2.05) is 0 Å². The van der Waals surface area contributed by atoms with Gasteiger partial charge in [-0.1, -0.05) is 27.5 Å². The number of carbonyl (C=O) groups is 1. The highest BCUT2D eigenvalue weighted by Crippen LogP contribution is 2.31. The number of carbonyl (C=O) groups excluding carboxylic acids is 1. The second-order valence-corrected chi connectivity index (χ2v) is 4.78. The van der Waals surface area contributed by atoms with Crippen molar-refractivity contribution in [3.8, 4) is 5.75 Å². The van der Waals surface area contributed by atoms with Crippen LogP contribution in [0.4, 0.5) is 4.39 Å². The minimum absolute atomic E-state index is 0.00345. The van der Waals surface area contributed by atoms with E-state index in [9.17, 15) is 9.18 Å². The lowest BCUT2D eigenvalue weighted by Gasteiger charge is -2.09. The zero-order valence-corrected chi connectivity index (χ0v) is 12.2. The molecule has 0 spiro atoms. The number of hydrogen-bond acceptors (Lipinski definition) is 3. The molecule has 0 atom stereocenters. The number of hydrogen-bond donors (Lipinski definition) is 0. The molecule has 0 aromatic heterocycles. The van der Waals surface area contributed by atoms with Gasteiger partial charge < -0.3 is 9.47 Å². The minimum Gasteiger partial charge on any atom is -0.489 e. The average molecular weight is 340 g/mol. The van der Waals surface area contributed by atoms with Gasteiger partial charge in [-0.15, -0.1) is 0 Å². The molecule has 0 radical (unpaired) electrons. The molecule has 3 nitrogen and oxygen atoms in total. The van der Waals surface area contributed by atoms with Crippen molar-refractivity contribution >= 4 is 33.5 Å². The van der Waals surface area contributed by atoms with Gasteiger partial charge >= 0.3 is 5.97 Å². The van der Waals surface area contributed by atoms with E-state index >= 15 is 0 Å². The molecule has 0 saturated carbocycles. The van der Waals surface area contributed by atoms with Gasteiger partial charge in [-0.3, -0.25) is 4.79 Å². The molecule has 0 heterocycles. The SMILES string of the molecule is CCOC(=O)CCCOc1c(F)cc(Br)cc1Cl. The summed E-state index contributed by atoms with van der Waals surface area (Å²) in [7, 11) is 0. The lowest BCUT2D eigenvalue weighted by molar-refractivity contribution is -0.143. The van der Waals surface area contributed by atoms with Crippen molar-refractivity contribution in [3.63, 3.8) is 0 Å². The van der Waals surface area contributed by atoms with E-state index in [1.165, 1.54) is 6.07 Å². The maximum atomic E-state index is 13.5. The van der Waals surface area contributed by atoms with Gasteiger partial charge in [-0.05, 0) is 25.5 Å². The normalized spacial score (nSPS) is 10.2. The van der Waals surface area contributed by atoms with Crippen molar-refractivity contribution in [3.05, 3.63) is 27.4 Å². The zero-order chi connectivity index (χ0) is 13.5. The van der Waals surface area contributed by atoms with Crippen LogP contribution in [-0.4, -0.2) is 19.2 Å². The fourth-order valence-electron chi connectivity index (χ4n) is 1.29. The van der Waals surface area contributed by atoms with E-state index in [1.54, 1.807) is 13.0 Å². The lowest BCUT2D eigenvalue weighted by Crippen LogP contribution is -2.07. The van der Waals surface area contributed by atoms with Gasteiger partial charge in [-0.2, -0.15) is 0 Å². The molecule has 0 amide bonds. The standard InChI is InChI=1S/C12H13BrClFO3/c1-2-17-11(16)4-3-5-18-12-9(14)6-8(13)7-10(12)15/h6-7H,2-5H2,1H3. The van der Waals surface area contributed by atoms with Crippen LogP contribution in [0.1, 0.15) is 19.8 Å². The number of halogens is 3. The third-order valence-corrected chi connectivity index (χ3v) is 2.78. The Morgan fingerprint density at radius 1 is 1.50 bits per heavy atom. The predicted octanol–water partition coefficient (Wildman–Crippen LogP) is 3.96. The van der Waals surface area contributed by atoms with Gasteiger partial charge in [0.05, 0.1) is 18.2 Å². The summed E-state index contributed by atoms with van der Waals surface area (Å²) in [6.07, 6.45) is 0.689. The van der Waals surface area contributed by atoms with E-state index in [4.69, 9.17) is 21.1 Å². The summed E-state index contributed by atoms with van der Waals surface area (Å²) in [4.78, 5) is 11.0. The molecule has 0 aliphatic heterocycles. The highest BCUT2D eigenvalue weighted by atomic mass is 79.9. The van der Waals surface area contributed by atoms with Crippen molar-refractivity contribution < 1.29 is 18.7 Å². The maximum absolute atomic E-state index is 13.5. The molecular formula is C12H13BrClFO3. The van der Waals surface area contributed by atoms with E-state index in [2.05, 4.69) is 15.9 Å². The molecule has 1 aromatic carbocycles. The molecule has 0 aliphatic rings. The van der Waals surface area contributed by atoms with Crippen molar-refractivity contribution in [2.24, 2.45) is 0 Å². The monoisotopic (exact) mass is 338 g/mol. The van der Waals surface area contributed by atoms with Crippen LogP contribution in [0.3, 0.4) is 0 Å². The Bertz CT molecular complexity index is 403. The first-order valence-electron chi connectivity index (χ1n) is 5.47. The van der Waals surface area contributed by atoms with Gasteiger partial charge in [0.1, 0.15) is 0 Å². The van der Waals surface area contributed by atoms with Crippen molar-refractivity contribution in [1.82, 2.24) is 0 Å². The fraction of sp³-hybridized carbons (Fsp3) is 0.417. The highest BCUT2D eigenvalue weighted by Gasteiger charge is 2.10. The van der Waals surface area contributed by atoms with E-state index in [-0.39, 0.29) is 29.8 Å². The first kappa shape index (κ1) is 15.2.